The summed E-state index contributed by atoms with van der Waals surface area (Å²) in [5.41, 5.74) is 0.0394. The molecule has 0 unspecified atom stereocenters. The molecule has 0 aliphatic carbocycles. The van der Waals surface area contributed by atoms with Crippen LogP contribution in [0, 0.1) is 0 Å². The van der Waals surface area contributed by atoms with Crippen molar-refractivity contribution in [3.05, 3.63) is 23.8 Å². The third-order valence-corrected chi connectivity index (χ3v) is 3.02. The lowest BCUT2D eigenvalue weighted by atomic mass is 10.1. The van der Waals surface area contributed by atoms with Gasteiger partial charge < -0.3 is 4.74 Å². The van der Waals surface area contributed by atoms with Crippen LogP contribution in [0.1, 0.15) is 10.4 Å². The summed E-state index contributed by atoms with van der Waals surface area (Å²) in [6.07, 6.45) is 0. The zero-order valence-corrected chi connectivity index (χ0v) is 7.72. The van der Waals surface area contributed by atoms with Crippen LogP contribution in [0.2, 0.25) is 0 Å². The molecule has 68 valence electrons. The molecule has 2 rings (SSSR count). The van der Waals surface area contributed by atoms with Gasteiger partial charge >= 0.3 is 5.97 Å². The average molecular weight is 219 g/mol. The van der Waals surface area contributed by atoms with Gasteiger partial charge in [-0.1, -0.05) is 6.07 Å². The molecule has 0 amide bonds. The molecular weight excluding hydrogens is 216 g/mol. The predicted molar refractivity (Wildman–Crippen MR) is 44.4 cm³/mol. The number of hydrogen-bond donors (Lipinski definition) is 0. The van der Waals surface area contributed by atoms with Gasteiger partial charge in [-0.15, -0.1) is 0 Å². The SMILES string of the molecule is O=C1Oc2cccc(S(=O)(=O)Cl)c21. The Morgan fingerprint density at radius 3 is 2.46 bits per heavy atom. The first-order chi connectivity index (χ1) is 6.00. The second kappa shape index (κ2) is 2.46. The van der Waals surface area contributed by atoms with Crippen LogP contribution < -0.4 is 4.74 Å². The lowest BCUT2D eigenvalue weighted by Crippen LogP contribution is -2.23. The maximum absolute atomic E-state index is 10.9. The zero-order valence-electron chi connectivity index (χ0n) is 6.15. The molecule has 0 radical (unpaired) electrons. The number of hydrogen-bond acceptors (Lipinski definition) is 4. The van der Waals surface area contributed by atoms with E-state index in [0.29, 0.717) is 0 Å². The summed E-state index contributed by atoms with van der Waals surface area (Å²) in [5.74, 6) is -0.401. The third-order valence-electron chi connectivity index (χ3n) is 1.66. The molecule has 1 aromatic carbocycles. The van der Waals surface area contributed by atoms with E-state index in [2.05, 4.69) is 4.74 Å². The fourth-order valence-corrected chi connectivity index (χ4v) is 2.16. The van der Waals surface area contributed by atoms with Crippen molar-refractivity contribution in [2.24, 2.45) is 0 Å². The zero-order chi connectivity index (χ0) is 9.64. The first kappa shape index (κ1) is 8.52. The van der Waals surface area contributed by atoms with E-state index < -0.39 is 15.0 Å². The first-order valence-electron chi connectivity index (χ1n) is 3.30. The van der Waals surface area contributed by atoms with Crippen molar-refractivity contribution in [1.29, 1.82) is 0 Å². The molecule has 0 fully saturated rings. The van der Waals surface area contributed by atoms with Crippen molar-refractivity contribution in [1.82, 2.24) is 0 Å². The van der Waals surface area contributed by atoms with Crippen LogP contribution in [0.3, 0.4) is 0 Å². The smallest absolute Gasteiger partial charge is 0.348 e. The second-order valence-electron chi connectivity index (χ2n) is 2.46. The molecule has 0 saturated carbocycles. The maximum Gasteiger partial charge on any atom is 0.348 e. The summed E-state index contributed by atoms with van der Waals surface area (Å²) >= 11 is 0. The Kier molecular flexibility index (Phi) is 1.61. The molecule has 0 N–H and O–H groups in total. The van der Waals surface area contributed by atoms with Crippen molar-refractivity contribution < 1.29 is 17.9 Å². The second-order valence-corrected chi connectivity index (χ2v) is 4.99. The molecule has 1 aromatic rings. The van der Waals surface area contributed by atoms with Crippen molar-refractivity contribution in [3.8, 4) is 5.75 Å². The molecule has 6 heteroatoms. The Bertz CT molecular complexity index is 491. The van der Waals surface area contributed by atoms with E-state index in [1.54, 1.807) is 0 Å². The standard InChI is InChI=1S/C7H3ClO4S/c8-13(10,11)5-3-1-2-4-6(5)7(9)12-4/h1-3H. The molecule has 0 saturated heterocycles. The number of carbonyl (C=O) groups excluding carboxylic acids is 1. The Labute approximate surface area is 78.5 Å². The van der Waals surface area contributed by atoms with Gasteiger partial charge in [-0.05, 0) is 12.1 Å². The number of rotatable bonds is 1. The fraction of sp³-hybridized carbons (Fsp3) is 0. The van der Waals surface area contributed by atoms with E-state index in [1.165, 1.54) is 18.2 Å². The van der Waals surface area contributed by atoms with E-state index in [4.69, 9.17) is 10.7 Å². The highest BCUT2D eigenvalue weighted by Crippen LogP contribution is 2.35. The molecular formula is C7H3ClO4S. The van der Waals surface area contributed by atoms with E-state index in [9.17, 15) is 13.2 Å². The number of ether oxygens (including phenoxy) is 1. The van der Waals surface area contributed by atoms with E-state index in [1.807, 2.05) is 0 Å². The molecule has 13 heavy (non-hydrogen) atoms. The van der Waals surface area contributed by atoms with Crippen LogP contribution in [0.5, 0.6) is 5.75 Å². The van der Waals surface area contributed by atoms with Gasteiger partial charge in [0.2, 0.25) is 0 Å². The fourth-order valence-electron chi connectivity index (χ4n) is 1.10. The van der Waals surface area contributed by atoms with Gasteiger partial charge in [0.1, 0.15) is 16.2 Å². The minimum absolute atomic E-state index is 0.0394. The summed E-state index contributed by atoms with van der Waals surface area (Å²) in [5, 5.41) is 0. The Balaban J connectivity index is 2.74. The number of carbonyl (C=O) groups is 1. The summed E-state index contributed by atoms with van der Waals surface area (Å²) in [4.78, 5) is 10.7. The highest BCUT2D eigenvalue weighted by molar-refractivity contribution is 8.13. The quantitative estimate of drug-likeness (QED) is 0.524. The number of halogens is 1. The predicted octanol–water partition coefficient (Wildman–Crippen LogP) is 1.15. The van der Waals surface area contributed by atoms with Gasteiger partial charge in [0.05, 0.1) is 0 Å². The molecule has 1 aliphatic rings. The minimum atomic E-state index is -3.87. The Morgan fingerprint density at radius 1 is 1.31 bits per heavy atom. The van der Waals surface area contributed by atoms with Crippen LogP contribution in [-0.2, 0) is 9.05 Å². The highest BCUT2D eigenvalue weighted by Gasteiger charge is 2.33. The van der Waals surface area contributed by atoms with Crippen molar-refractivity contribution in [2.45, 2.75) is 4.90 Å². The van der Waals surface area contributed by atoms with E-state index >= 15 is 0 Å². The van der Waals surface area contributed by atoms with Gasteiger partial charge in [-0.25, -0.2) is 13.2 Å². The van der Waals surface area contributed by atoms with E-state index in [0.717, 1.165) is 0 Å². The molecule has 0 aromatic heterocycles. The summed E-state index contributed by atoms with van der Waals surface area (Å²) < 4.78 is 26.4. The summed E-state index contributed by atoms with van der Waals surface area (Å²) in [7, 11) is 1.23. The van der Waals surface area contributed by atoms with Gasteiger partial charge in [0.25, 0.3) is 9.05 Å². The Morgan fingerprint density at radius 2 is 2.00 bits per heavy atom. The number of fused-ring (bicyclic) bond motifs is 1. The van der Waals surface area contributed by atoms with Crippen LogP contribution in [0.25, 0.3) is 0 Å². The molecule has 0 bridgehead atoms. The Hall–Kier alpha value is -1.07. The van der Waals surface area contributed by atoms with Gasteiger partial charge in [0.15, 0.2) is 0 Å². The lowest BCUT2D eigenvalue weighted by molar-refractivity contribution is 0.0651. The van der Waals surface area contributed by atoms with Gasteiger partial charge in [0, 0.05) is 10.7 Å². The largest absolute Gasteiger partial charge is 0.422 e. The average Bonchev–Trinajstić information content (AvgIpc) is 2.00. The van der Waals surface area contributed by atoms with Crippen molar-refractivity contribution in [3.63, 3.8) is 0 Å². The highest BCUT2D eigenvalue weighted by atomic mass is 35.7. The van der Waals surface area contributed by atoms with Crippen LogP contribution in [0.15, 0.2) is 23.1 Å². The van der Waals surface area contributed by atoms with Crippen LogP contribution >= 0.6 is 10.7 Å². The molecule has 4 nitrogen and oxygen atoms in total. The third kappa shape index (κ3) is 1.20. The lowest BCUT2D eigenvalue weighted by Gasteiger charge is -2.18. The molecule has 1 heterocycles. The molecule has 0 spiro atoms. The molecule has 0 atom stereocenters. The topological polar surface area (TPSA) is 60.4 Å². The summed E-state index contributed by atoms with van der Waals surface area (Å²) in [6, 6.07) is 4.23. The van der Waals surface area contributed by atoms with Crippen LogP contribution in [0.4, 0.5) is 0 Å². The number of benzene rings is 1. The molecule has 1 aliphatic heterocycles. The summed E-state index contributed by atoms with van der Waals surface area (Å²) in [6.45, 7) is 0. The van der Waals surface area contributed by atoms with E-state index in [-0.39, 0.29) is 16.2 Å². The van der Waals surface area contributed by atoms with Crippen molar-refractivity contribution >= 4 is 25.7 Å². The maximum atomic E-state index is 10.9. The monoisotopic (exact) mass is 218 g/mol. The first-order valence-corrected chi connectivity index (χ1v) is 5.61. The number of esters is 1. The van der Waals surface area contributed by atoms with Crippen molar-refractivity contribution in [2.75, 3.05) is 0 Å². The van der Waals surface area contributed by atoms with Crippen LogP contribution in [-0.4, -0.2) is 14.4 Å². The van der Waals surface area contributed by atoms with Gasteiger partial charge in [-0.3, -0.25) is 0 Å². The van der Waals surface area contributed by atoms with Gasteiger partial charge in [-0.2, -0.15) is 0 Å². The minimum Gasteiger partial charge on any atom is -0.422 e. The normalized spacial score (nSPS) is 14.4.